The Hall–Kier alpha value is -1.90. The van der Waals surface area contributed by atoms with Crippen LogP contribution in [0.5, 0.6) is 0 Å². The summed E-state index contributed by atoms with van der Waals surface area (Å²) >= 11 is 0. The zero-order valence-corrected chi connectivity index (χ0v) is 11.4. The number of hydrogen-bond acceptors (Lipinski definition) is 2. The first kappa shape index (κ1) is 12.2. The van der Waals surface area contributed by atoms with Gasteiger partial charge in [0.15, 0.2) is 0 Å². The van der Waals surface area contributed by atoms with Crippen LogP contribution in [0, 0.1) is 13.8 Å². The Balaban J connectivity index is 2.07. The maximum absolute atomic E-state index is 11.9. The summed E-state index contributed by atoms with van der Waals surface area (Å²) < 4.78 is 0. The Bertz CT molecular complexity index is 597. The third-order valence-electron chi connectivity index (χ3n) is 4.32. The molecule has 1 aliphatic carbocycles. The van der Waals surface area contributed by atoms with Gasteiger partial charge in [-0.2, -0.15) is 0 Å². The molecule has 0 saturated heterocycles. The second kappa shape index (κ2) is 4.05. The van der Waals surface area contributed by atoms with E-state index < -0.39 is 0 Å². The topological polar surface area (TPSA) is 37.4 Å². The molecule has 1 heterocycles. The minimum atomic E-state index is -0.187. The molecule has 2 aliphatic rings. The lowest BCUT2D eigenvalue weighted by Crippen LogP contribution is -2.33. The predicted octanol–water partition coefficient (Wildman–Crippen LogP) is 2.78. The van der Waals surface area contributed by atoms with Gasteiger partial charge in [-0.05, 0) is 48.4 Å². The summed E-state index contributed by atoms with van der Waals surface area (Å²) in [4.78, 5) is 25.1. The Kier molecular flexibility index (Phi) is 2.59. The average Bonchev–Trinajstić information content (AvgIpc) is 2.83. The van der Waals surface area contributed by atoms with Crippen molar-refractivity contribution in [1.82, 2.24) is 4.90 Å². The number of amides is 2. The normalized spacial score (nSPS) is 25.3. The fraction of sp³-hybridized carbons (Fsp3) is 0.375. The number of fused-ring (bicyclic) bond motifs is 1. The molecule has 2 amide bonds. The number of carbonyl (C=O) groups is 2. The van der Waals surface area contributed by atoms with E-state index in [-0.39, 0.29) is 17.9 Å². The van der Waals surface area contributed by atoms with E-state index in [1.165, 1.54) is 33.7 Å². The van der Waals surface area contributed by atoms with Crippen LogP contribution in [0.2, 0.25) is 0 Å². The first-order chi connectivity index (χ1) is 8.99. The quantitative estimate of drug-likeness (QED) is 0.724. The molecule has 0 fully saturated rings. The molecule has 0 saturated carbocycles. The van der Waals surface area contributed by atoms with Gasteiger partial charge < -0.3 is 0 Å². The summed E-state index contributed by atoms with van der Waals surface area (Å²) in [7, 11) is 0. The number of aryl methyl sites for hydroxylation is 2. The standard InChI is InChI=1S/C16H17NO2/c1-9-6-12-11(3)8-14(13(12)7-10(9)2)17-15(18)4-5-16(17)19/h4-7,11,14H,8H2,1-3H3/t11-,14-/m0/s1. The van der Waals surface area contributed by atoms with Crippen molar-refractivity contribution < 1.29 is 9.59 Å². The van der Waals surface area contributed by atoms with Crippen molar-refractivity contribution in [2.24, 2.45) is 0 Å². The van der Waals surface area contributed by atoms with Gasteiger partial charge in [-0.25, -0.2) is 0 Å². The molecule has 3 rings (SSSR count). The van der Waals surface area contributed by atoms with Crippen molar-refractivity contribution in [2.45, 2.75) is 39.2 Å². The number of hydrogen-bond donors (Lipinski definition) is 0. The lowest BCUT2D eigenvalue weighted by molar-refractivity contribution is -0.139. The van der Waals surface area contributed by atoms with Gasteiger partial charge in [0.1, 0.15) is 0 Å². The summed E-state index contributed by atoms with van der Waals surface area (Å²) in [6.07, 6.45) is 3.56. The molecular weight excluding hydrogens is 238 g/mol. The first-order valence-corrected chi connectivity index (χ1v) is 6.65. The Labute approximate surface area is 112 Å². The van der Waals surface area contributed by atoms with E-state index in [2.05, 4.69) is 32.9 Å². The number of benzene rings is 1. The summed E-state index contributed by atoms with van der Waals surface area (Å²) in [6, 6.07) is 4.24. The summed E-state index contributed by atoms with van der Waals surface area (Å²) in [5.41, 5.74) is 4.90. The molecule has 0 bridgehead atoms. The zero-order valence-electron chi connectivity index (χ0n) is 11.4. The monoisotopic (exact) mass is 255 g/mol. The van der Waals surface area contributed by atoms with Crippen molar-refractivity contribution in [3.8, 4) is 0 Å². The number of imide groups is 1. The van der Waals surface area contributed by atoms with Gasteiger partial charge in [0, 0.05) is 12.2 Å². The molecule has 1 aromatic rings. The van der Waals surface area contributed by atoms with E-state index in [1.54, 1.807) is 0 Å². The van der Waals surface area contributed by atoms with Crippen LogP contribution in [0.4, 0.5) is 0 Å². The third-order valence-corrected chi connectivity index (χ3v) is 4.32. The van der Waals surface area contributed by atoms with Crippen LogP contribution in [0.1, 0.15) is 47.6 Å². The van der Waals surface area contributed by atoms with E-state index in [0.29, 0.717) is 5.92 Å². The molecule has 3 nitrogen and oxygen atoms in total. The molecule has 1 aromatic carbocycles. The second-order valence-corrected chi connectivity index (χ2v) is 5.60. The lowest BCUT2D eigenvalue weighted by Gasteiger charge is -2.23. The number of nitrogens with zero attached hydrogens (tertiary/aromatic N) is 1. The van der Waals surface area contributed by atoms with Crippen LogP contribution in [0.3, 0.4) is 0 Å². The molecule has 0 radical (unpaired) electrons. The molecule has 0 unspecified atom stereocenters. The van der Waals surface area contributed by atoms with Gasteiger partial charge in [-0.3, -0.25) is 14.5 Å². The van der Waals surface area contributed by atoms with Crippen molar-refractivity contribution in [3.63, 3.8) is 0 Å². The van der Waals surface area contributed by atoms with Crippen LogP contribution in [-0.2, 0) is 9.59 Å². The van der Waals surface area contributed by atoms with Gasteiger partial charge in [-0.1, -0.05) is 19.1 Å². The molecule has 0 aromatic heterocycles. The van der Waals surface area contributed by atoms with Crippen molar-refractivity contribution >= 4 is 11.8 Å². The highest BCUT2D eigenvalue weighted by Crippen LogP contribution is 2.45. The molecule has 98 valence electrons. The van der Waals surface area contributed by atoms with Crippen molar-refractivity contribution in [3.05, 3.63) is 46.5 Å². The second-order valence-electron chi connectivity index (χ2n) is 5.60. The predicted molar refractivity (Wildman–Crippen MR) is 72.7 cm³/mol. The zero-order chi connectivity index (χ0) is 13.7. The van der Waals surface area contributed by atoms with Crippen LogP contribution in [0.15, 0.2) is 24.3 Å². The van der Waals surface area contributed by atoms with E-state index in [4.69, 9.17) is 0 Å². The highest BCUT2D eigenvalue weighted by molar-refractivity contribution is 6.13. The minimum Gasteiger partial charge on any atom is -0.269 e. The maximum atomic E-state index is 11.9. The van der Waals surface area contributed by atoms with E-state index >= 15 is 0 Å². The summed E-state index contributed by atoms with van der Waals surface area (Å²) in [5, 5.41) is 0. The third kappa shape index (κ3) is 1.72. The van der Waals surface area contributed by atoms with Crippen LogP contribution in [-0.4, -0.2) is 16.7 Å². The van der Waals surface area contributed by atoms with Crippen molar-refractivity contribution in [2.75, 3.05) is 0 Å². The fourth-order valence-corrected chi connectivity index (χ4v) is 3.13. The first-order valence-electron chi connectivity index (χ1n) is 6.65. The smallest absolute Gasteiger partial charge is 0.254 e. The molecule has 19 heavy (non-hydrogen) atoms. The Morgan fingerprint density at radius 2 is 1.53 bits per heavy atom. The molecule has 3 heteroatoms. The van der Waals surface area contributed by atoms with E-state index in [9.17, 15) is 9.59 Å². The van der Waals surface area contributed by atoms with Gasteiger partial charge in [0.25, 0.3) is 11.8 Å². The maximum Gasteiger partial charge on any atom is 0.254 e. The van der Waals surface area contributed by atoms with Gasteiger partial charge in [0.05, 0.1) is 6.04 Å². The van der Waals surface area contributed by atoms with E-state index in [1.807, 2.05) is 0 Å². The summed E-state index contributed by atoms with van der Waals surface area (Å²) in [6.45, 7) is 6.33. The van der Waals surface area contributed by atoms with Crippen LogP contribution >= 0.6 is 0 Å². The van der Waals surface area contributed by atoms with Crippen molar-refractivity contribution in [1.29, 1.82) is 0 Å². The number of rotatable bonds is 1. The SMILES string of the molecule is Cc1cc2c(cc1C)[C@@H](N1C(=O)C=CC1=O)C[C@@H]2C. The Morgan fingerprint density at radius 3 is 2.11 bits per heavy atom. The fourth-order valence-electron chi connectivity index (χ4n) is 3.13. The average molecular weight is 255 g/mol. The molecule has 0 N–H and O–H groups in total. The Morgan fingerprint density at radius 1 is 1.00 bits per heavy atom. The molecule has 2 atom stereocenters. The summed E-state index contributed by atoms with van der Waals surface area (Å²) in [5.74, 6) is 0.0158. The highest BCUT2D eigenvalue weighted by Gasteiger charge is 2.38. The number of carbonyl (C=O) groups excluding carboxylic acids is 2. The molecular formula is C16H17NO2. The lowest BCUT2D eigenvalue weighted by atomic mass is 9.97. The van der Waals surface area contributed by atoms with Gasteiger partial charge in [-0.15, -0.1) is 0 Å². The van der Waals surface area contributed by atoms with E-state index in [0.717, 1.165) is 12.0 Å². The largest absolute Gasteiger partial charge is 0.269 e. The highest BCUT2D eigenvalue weighted by atomic mass is 16.2. The molecule has 0 spiro atoms. The van der Waals surface area contributed by atoms with Crippen LogP contribution < -0.4 is 0 Å². The minimum absolute atomic E-state index is 0.0979. The van der Waals surface area contributed by atoms with Gasteiger partial charge in [0.2, 0.25) is 0 Å². The van der Waals surface area contributed by atoms with Crippen LogP contribution in [0.25, 0.3) is 0 Å². The van der Waals surface area contributed by atoms with Gasteiger partial charge >= 0.3 is 0 Å². The molecule has 1 aliphatic heterocycles.